The number of hydrogen-bond acceptors (Lipinski definition) is 1. The average Bonchev–Trinajstić information content (AvgIpc) is 2.77. The molecule has 0 fully saturated rings. The van der Waals surface area contributed by atoms with E-state index in [0.717, 1.165) is 11.3 Å². The van der Waals surface area contributed by atoms with Crippen molar-refractivity contribution in [3.63, 3.8) is 0 Å². The maximum Gasteiger partial charge on any atom is 0.0630 e. The van der Waals surface area contributed by atoms with Gasteiger partial charge in [0.2, 0.25) is 0 Å². The highest BCUT2D eigenvalue weighted by Crippen LogP contribution is 2.13. The fraction of sp³-hybridized carbons (Fsp3) is 0.267. The van der Waals surface area contributed by atoms with Gasteiger partial charge in [-0.05, 0) is 39.0 Å². The number of nitrogens with zero attached hydrogens (tertiary/aromatic N) is 2. The molecule has 0 saturated carbocycles. The van der Waals surface area contributed by atoms with Crippen LogP contribution in [0.2, 0.25) is 0 Å². The van der Waals surface area contributed by atoms with E-state index in [1.54, 1.807) is 0 Å². The zero-order chi connectivity index (χ0) is 12.3. The highest BCUT2D eigenvalue weighted by molar-refractivity contribution is 5.81. The van der Waals surface area contributed by atoms with Crippen molar-refractivity contribution in [2.75, 3.05) is 0 Å². The van der Waals surface area contributed by atoms with Crippen LogP contribution in [0, 0.1) is 6.92 Å². The van der Waals surface area contributed by atoms with Crippen LogP contribution in [0.5, 0.6) is 0 Å². The van der Waals surface area contributed by atoms with E-state index < -0.39 is 0 Å². The van der Waals surface area contributed by atoms with Crippen molar-refractivity contribution in [1.29, 1.82) is 0 Å². The molecule has 88 valence electrons. The van der Waals surface area contributed by atoms with Crippen LogP contribution in [0.15, 0.2) is 47.7 Å². The summed E-state index contributed by atoms with van der Waals surface area (Å²) in [5, 5.41) is 0. The zero-order valence-electron chi connectivity index (χ0n) is 10.6. The minimum absolute atomic E-state index is 0.497. The minimum Gasteiger partial charge on any atom is -0.351 e. The lowest BCUT2D eigenvalue weighted by atomic mass is 10.2. The third-order valence-electron chi connectivity index (χ3n) is 2.73. The van der Waals surface area contributed by atoms with Gasteiger partial charge in [-0.3, -0.25) is 4.99 Å². The molecule has 0 spiro atoms. The topological polar surface area (TPSA) is 17.3 Å². The van der Waals surface area contributed by atoms with Gasteiger partial charge in [0, 0.05) is 30.2 Å². The summed E-state index contributed by atoms with van der Waals surface area (Å²) in [6, 6.07) is 10.8. The van der Waals surface area contributed by atoms with Gasteiger partial charge in [-0.15, -0.1) is 0 Å². The van der Waals surface area contributed by atoms with Crippen LogP contribution in [0.25, 0.3) is 0 Å². The van der Waals surface area contributed by atoms with Gasteiger partial charge in [0.05, 0.1) is 5.69 Å². The van der Waals surface area contributed by atoms with E-state index in [1.165, 1.54) is 5.56 Å². The molecule has 0 bridgehead atoms. The number of aliphatic imine (C=N–C) groups is 1. The SMILES string of the molecule is Cc1ccc(N=Cc2ccn(C(C)C)c2)cc1. The number of hydrogen-bond donors (Lipinski definition) is 0. The lowest BCUT2D eigenvalue weighted by Crippen LogP contribution is -1.95. The van der Waals surface area contributed by atoms with E-state index >= 15 is 0 Å². The van der Waals surface area contributed by atoms with Crippen LogP contribution in [0.1, 0.15) is 31.0 Å². The minimum atomic E-state index is 0.497. The van der Waals surface area contributed by atoms with E-state index in [-0.39, 0.29) is 0 Å². The Balaban J connectivity index is 2.11. The van der Waals surface area contributed by atoms with Crippen molar-refractivity contribution in [1.82, 2.24) is 4.57 Å². The lowest BCUT2D eigenvalue weighted by Gasteiger charge is -2.04. The standard InChI is InChI=1S/C15H18N2/c1-12(2)17-9-8-14(11-17)10-16-15-6-4-13(3)5-7-15/h4-12H,1-3H3. The monoisotopic (exact) mass is 226 g/mol. The molecule has 2 heteroatoms. The van der Waals surface area contributed by atoms with Crippen molar-refractivity contribution >= 4 is 11.9 Å². The molecule has 0 unspecified atom stereocenters. The summed E-state index contributed by atoms with van der Waals surface area (Å²) in [5.41, 5.74) is 3.39. The Bertz CT molecular complexity index is 504. The van der Waals surface area contributed by atoms with E-state index in [0.29, 0.717) is 6.04 Å². The summed E-state index contributed by atoms with van der Waals surface area (Å²) in [6.45, 7) is 6.41. The number of rotatable bonds is 3. The van der Waals surface area contributed by atoms with Gasteiger partial charge in [-0.25, -0.2) is 0 Å². The Kier molecular flexibility index (Phi) is 3.43. The molecule has 0 aliphatic rings. The zero-order valence-corrected chi connectivity index (χ0v) is 10.6. The Morgan fingerprint density at radius 1 is 1.12 bits per heavy atom. The second-order valence-electron chi connectivity index (χ2n) is 4.58. The summed E-state index contributed by atoms with van der Waals surface area (Å²) in [6.07, 6.45) is 6.10. The van der Waals surface area contributed by atoms with Crippen molar-refractivity contribution in [2.24, 2.45) is 4.99 Å². The fourth-order valence-corrected chi connectivity index (χ4v) is 1.61. The first-order valence-electron chi connectivity index (χ1n) is 5.93. The Labute approximate surface area is 103 Å². The molecule has 1 aromatic heterocycles. The molecule has 17 heavy (non-hydrogen) atoms. The molecule has 1 heterocycles. The van der Waals surface area contributed by atoms with E-state index in [4.69, 9.17) is 0 Å². The molecule has 2 rings (SSSR count). The maximum atomic E-state index is 4.45. The van der Waals surface area contributed by atoms with Gasteiger partial charge >= 0.3 is 0 Å². The second-order valence-corrected chi connectivity index (χ2v) is 4.58. The van der Waals surface area contributed by atoms with Crippen LogP contribution in [-0.2, 0) is 0 Å². The van der Waals surface area contributed by atoms with Gasteiger partial charge in [0.15, 0.2) is 0 Å². The lowest BCUT2D eigenvalue weighted by molar-refractivity contribution is 0.603. The van der Waals surface area contributed by atoms with Crippen LogP contribution < -0.4 is 0 Å². The molecule has 0 aliphatic carbocycles. The van der Waals surface area contributed by atoms with E-state index in [9.17, 15) is 0 Å². The third kappa shape index (κ3) is 3.06. The average molecular weight is 226 g/mol. The third-order valence-corrected chi connectivity index (χ3v) is 2.73. The van der Waals surface area contributed by atoms with Gasteiger partial charge in [-0.1, -0.05) is 17.7 Å². The van der Waals surface area contributed by atoms with Gasteiger partial charge in [0.1, 0.15) is 0 Å². The molecular formula is C15H18N2. The van der Waals surface area contributed by atoms with Crippen LogP contribution in [0.3, 0.4) is 0 Å². The number of benzene rings is 1. The number of aryl methyl sites for hydroxylation is 1. The molecule has 2 nitrogen and oxygen atoms in total. The Morgan fingerprint density at radius 2 is 1.82 bits per heavy atom. The Hall–Kier alpha value is -1.83. The van der Waals surface area contributed by atoms with Gasteiger partial charge in [0.25, 0.3) is 0 Å². The molecule has 0 saturated heterocycles. The van der Waals surface area contributed by atoms with Gasteiger partial charge in [-0.2, -0.15) is 0 Å². The molecule has 0 N–H and O–H groups in total. The summed E-state index contributed by atoms with van der Waals surface area (Å²) in [4.78, 5) is 4.45. The first-order valence-corrected chi connectivity index (χ1v) is 5.93. The van der Waals surface area contributed by atoms with E-state index in [1.807, 2.05) is 18.3 Å². The molecule has 0 atom stereocenters. The van der Waals surface area contributed by atoms with Crippen LogP contribution in [0.4, 0.5) is 5.69 Å². The first-order chi connectivity index (χ1) is 8.15. The Morgan fingerprint density at radius 3 is 2.41 bits per heavy atom. The predicted octanol–water partition coefficient (Wildman–Crippen LogP) is 4.13. The smallest absolute Gasteiger partial charge is 0.0630 e. The van der Waals surface area contributed by atoms with Crippen LogP contribution in [-0.4, -0.2) is 10.8 Å². The molecule has 0 amide bonds. The highest BCUT2D eigenvalue weighted by Gasteiger charge is 1.97. The summed E-state index contributed by atoms with van der Waals surface area (Å²) < 4.78 is 2.18. The van der Waals surface area contributed by atoms with Crippen molar-refractivity contribution in [3.8, 4) is 0 Å². The van der Waals surface area contributed by atoms with Crippen LogP contribution >= 0.6 is 0 Å². The molecule has 0 aliphatic heterocycles. The normalized spacial score (nSPS) is 11.5. The predicted molar refractivity (Wildman–Crippen MR) is 73.3 cm³/mol. The van der Waals surface area contributed by atoms with Crippen molar-refractivity contribution in [3.05, 3.63) is 53.9 Å². The summed E-state index contributed by atoms with van der Waals surface area (Å²) in [7, 11) is 0. The van der Waals surface area contributed by atoms with Gasteiger partial charge < -0.3 is 4.57 Å². The fourth-order valence-electron chi connectivity index (χ4n) is 1.61. The molecule has 0 radical (unpaired) electrons. The first kappa shape index (κ1) is 11.6. The van der Waals surface area contributed by atoms with Crippen molar-refractivity contribution in [2.45, 2.75) is 26.8 Å². The summed E-state index contributed by atoms with van der Waals surface area (Å²) in [5.74, 6) is 0. The number of aromatic nitrogens is 1. The molecule has 2 aromatic rings. The quantitative estimate of drug-likeness (QED) is 0.700. The summed E-state index contributed by atoms with van der Waals surface area (Å²) >= 11 is 0. The largest absolute Gasteiger partial charge is 0.351 e. The van der Waals surface area contributed by atoms with Crippen molar-refractivity contribution < 1.29 is 0 Å². The molecular weight excluding hydrogens is 208 g/mol. The van der Waals surface area contributed by atoms with E-state index in [2.05, 4.69) is 60.9 Å². The maximum absolute atomic E-state index is 4.45. The second kappa shape index (κ2) is 5.00. The highest BCUT2D eigenvalue weighted by atomic mass is 15.0. The molecule has 1 aromatic carbocycles.